The molecule has 0 atom stereocenters. The fourth-order valence-electron chi connectivity index (χ4n) is 3.31. The van der Waals surface area contributed by atoms with Gasteiger partial charge in [0.25, 0.3) is 11.8 Å². The molecular weight excluding hydrogens is 412 g/mol. The Balaban J connectivity index is 1.42. The molecule has 2 amide bonds. The number of hydrogen-bond donors (Lipinski definition) is 2. The zero-order valence-corrected chi connectivity index (χ0v) is 17.5. The second-order valence-corrected chi connectivity index (χ2v) is 7.46. The Morgan fingerprint density at radius 3 is 2.19 bits per heavy atom. The first-order chi connectivity index (χ1) is 15.1. The molecule has 0 aliphatic heterocycles. The number of benzene rings is 3. The first-order valence-electron chi connectivity index (χ1n) is 9.93. The summed E-state index contributed by atoms with van der Waals surface area (Å²) in [5.74, 6) is -0.451. The Bertz CT molecular complexity index is 1200. The van der Waals surface area contributed by atoms with Gasteiger partial charge in [0, 0.05) is 29.1 Å². The monoisotopic (exact) mass is 432 g/mol. The van der Waals surface area contributed by atoms with Gasteiger partial charge in [-0.2, -0.15) is 5.10 Å². The average molecular weight is 433 g/mol. The molecule has 1 heterocycles. The van der Waals surface area contributed by atoms with E-state index in [0.29, 0.717) is 35.9 Å². The molecule has 0 saturated carbocycles. The van der Waals surface area contributed by atoms with Crippen molar-refractivity contribution in [1.82, 2.24) is 20.4 Å². The van der Waals surface area contributed by atoms with Crippen LogP contribution in [0.3, 0.4) is 0 Å². The van der Waals surface area contributed by atoms with Gasteiger partial charge in [-0.05, 0) is 35.9 Å². The SMILES string of the molecule is O=C(NCCNC(=O)c1nn(Cc2ccc(Cl)cc2)c2ccccc12)c1ccccc1. The number of fused-ring (bicyclic) bond motifs is 1. The van der Waals surface area contributed by atoms with Crippen LogP contribution >= 0.6 is 11.6 Å². The highest BCUT2D eigenvalue weighted by Gasteiger charge is 2.17. The number of hydrogen-bond acceptors (Lipinski definition) is 3. The van der Waals surface area contributed by atoms with E-state index in [2.05, 4.69) is 15.7 Å². The lowest BCUT2D eigenvalue weighted by atomic mass is 10.2. The minimum Gasteiger partial charge on any atom is -0.350 e. The Hall–Kier alpha value is -3.64. The highest BCUT2D eigenvalue weighted by Crippen LogP contribution is 2.20. The third-order valence-electron chi connectivity index (χ3n) is 4.85. The molecule has 0 radical (unpaired) electrons. The predicted octanol–water partition coefficient (Wildman–Crippen LogP) is 3.90. The number of carbonyl (C=O) groups excluding carboxylic acids is 2. The number of halogens is 1. The Labute approximate surface area is 184 Å². The number of rotatable bonds is 7. The maximum absolute atomic E-state index is 12.8. The average Bonchev–Trinajstić information content (AvgIpc) is 3.17. The van der Waals surface area contributed by atoms with Crippen LogP contribution in [0.25, 0.3) is 10.9 Å². The number of aromatic nitrogens is 2. The van der Waals surface area contributed by atoms with Crippen LogP contribution in [0.2, 0.25) is 5.02 Å². The van der Waals surface area contributed by atoms with Crippen LogP contribution in [0, 0.1) is 0 Å². The molecule has 1 aromatic heterocycles. The van der Waals surface area contributed by atoms with Gasteiger partial charge in [-0.15, -0.1) is 0 Å². The van der Waals surface area contributed by atoms with Crippen molar-refractivity contribution in [1.29, 1.82) is 0 Å². The molecule has 6 nitrogen and oxygen atoms in total. The van der Waals surface area contributed by atoms with E-state index in [1.54, 1.807) is 12.1 Å². The molecule has 0 bridgehead atoms. The van der Waals surface area contributed by atoms with Gasteiger partial charge in [0.2, 0.25) is 0 Å². The number of amides is 2. The predicted molar refractivity (Wildman–Crippen MR) is 121 cm³/mol. The Kier molecular flexibility index (Phi) is 6.29. The van der Waals surface area contributed by atoms with Crippen LogP contribution < -0.4 is 10.6 Å². The first kappa shape index (κ1) is 20.6. The van der Waals surface area contributed by atoms with Crippen LogP contribution in [0.4, 0.5) is 0 Å². The van der Waals surface area contributed by atoms with Gasteiger partial charge in [0.1, 0.15) is 0 Å². The summed E-state index contributed by atoms with van der Waals surface area (Å²) >= 11 is 5.97. The van der Waals surface area contributed by atoms with Crippen molar-refractivity contribution in [3.05, 3.63) is 101 Å². The summed E-state index contributed by atoms with van der Waals surface area (Å²) in [6.07, 6.45) is 0. The van der Waals surface area contributed by atoms with Crippen LogP contribution in [-0.4, -0.2) is 34.7 Å². The maximum Gasteiger partial charge on any atom is 0.272 e. The van der Waals surface area contributed by atoms with Crippen LogP contribution in [0.1, 0.15) is 26.4 Å². The number of carbonyl (C=O) groups is 2. The van der Waals surface area contributed by atoms with E-state index in [1.165, 1.54) is 0 Å². The summed E-state index contributed by atoms with van der Waals surface area (Å²) in [7, 11) is 0. The molecule has 31 heavy (non-hydrogen) atoms. The van der Waals surface area contributed by atoms with E-state index in [-0.39, 0.29) is 11.8 Å². The van der Waals surface area contributed by atoms with Crippen LogP contribution in [-0.2, 0) is 6.54 Å². The molecule has 0 saturated heterocycles. The van der Waals surface area contributed by atoms with Gasteiger partial charge in [0.15, 0.2) is 5.69 Å². The van der Waals surface area contributed by atoms with E-state index in [1.807, 2.05) is 71.4 Å². The van der Waals surface area contributed by atoms with Crippen molar-refractivity contribution in [2.45, 2.75) is 6.54 Å². The van der Waals surface area contributed by atoms with Gasteiger partial charge in [0.05, 0.1) is 12.1 Å². The molecule has 0 unspecified atom stereocenters. The summed E-state index contributed by atoms with van der Waals surface area (Å²) in [6, 6.07) is 24.1. The summed E-state index contributed by atoms with van der Waals surface area (Å²) in [5, 5.41) is 11.6. The van der Waals surface area contributed by atoms with Crippen molar-refractivity contribution in [3.8, 4) is 0 Å². The number of nitrogens with one attached hydrogen (secondary N) is 2. The zero-order valence-electron chi connectivity index (χ0n) is 16.7. The molecule has 0 aliphatic rings. The molecule has 3 aromatic carbocycles. The normalized spacial score (nSPS) is 10.7. The molecule has 156 valence electrons. The van der Waals surface area contributed by atoms with Gasteiger partial charge >= 0.3 is 0 Å². The smallest absolute Gasteiger partial charge is 0.272 e. The lowest BCUT2D eigenvalue weighted by Crippen LogP contribution is -2.35. The zero-order chi connectivity index (χ0) is 21.6. The van der Waals surface area contributed by atoms with Crippen molar-refractivity contribution >= 4 is 34.3 Å². The van der Waals surface area contributed by atoms with E-state index < -0.39 is 0 Å². The maximum atomic E-state index is 12.8. The third kappa shape index (κ3) is 4.92. The van der Waals surface area contributed by atoms with Crippen LogP contribution in [0.5, 0.6) is 0 Å². The summed E-state index contributed by atoms with van der Waals surface area (Å²) in [6.45, 7) is 1.15. The Morgan fingerprint density at radius 1 is 0.806 bits per heavy atom. The molecule has 0 fully saturated rings. The van der Waals surface area contributed by atoms with Crippen molar-refractivity contribution < 1.29 is 9.59 Å². The standard InChI is InChI=1S/C24H21ClN4O2/c25-19-12-10-17(11-13-19)16-29-21-9-5-4-8-20(21)22(28-29)24(31)27-15-14-26-23(30)18-6-2-1-3-7-18/h1-13H,14-16H2,(H,26,30)(H,27,31). The highest BCUT2D eigenvalue weighted by molar-refractivity contribution is 6.30. The fraction of sp³-hybridized carbons (Fsp3) is 0.125. The first-order valence-corrected chi connectivity index (χ1v) is 10.3. The molecule has 0 spiro atoms. The number of nitrogens with zero attached hydrogens (tertiary/aromatic N) is 2. The quantitative estimate of drug-likeness (QED) is 0.435. The molecule has 2 N–H and O–H groups in total. The molecule has 7 heteroatoms. The van der Waals surface area contributed by atoms with Gasteiger partial charge in [-0.25, -0.2) is 0 Å². The van der Waals surface area contributed by atoms with Crippen molar-refractivity contribution in [3.63, 3.8) is 0 Å². The second kappa shape index (κ2) is 9.45. The topological polar surface area (TPSA) is 76.0 Å². The molecule has 4 aromatic rings. The van der Waals surface area contributed by atoms with E-state index in [4.69, 9.17) is 11.6 Å². The van der Waals surface area contributed by atoms with Crippen LogP contribution in [0.15, 0.2) is 78.9 Å². The van der Waals surface area contributed by atoms with E-state index >= 15 is 0 Å². The van der Waals surface area contributed by atoms with E-state index in [9.17, 15) is 9.59 Å². The summed E-state index contributed by atoms with van der Waals surface area (Å²) in [4.78, 5) is 24.9. The highest BCUT2D eigenvalue weighted by atomic mass is 35.5. The van der Waals surface area contributed by atoms with Gasteiger partial charge in [-0.3, -0.25) is 14.3 Å². The minimum atomic E-state index is -0.278. The summed E-state index contributed by atoms with van der Waals surface area (Å²) in [5.41, 5.74) is 2.85. The summed E-state index contributed by atoms with van der Waals surface area (Å²) < 4.78 is 1.81. The number of para-hydroxylation sites is 1. The van der Waals surface area contributed by atoms with E-state index in [0.717, 1.165) is 16.5 Å². The van der Waals surface area contributed by atoms with Crippen molar-refractivity contribution in [2.75, 3.05) is 13.1 Å². The van der Waals surface area contributed by atoms with Crippen molar-refractivity contribution in [2.24, 2.45) is 0 Å². The molecule has 4 rings (SSSR count). The van der Waals surface area contributed by atoms with Gasteiger partial charge < -0.3 is 10.6 Å². The molecular formula is C24H21ClN4O2. The minimum absolute atomic E-state index is 0.174. The molecule has 0 aliphatic carbocycles. The lowest BCUT2D eigenvalue weighted by Gasteiger charge is -2.06. The third-order valence-corrected chi connectivity index (χ3v) is 5.10. The second-order valence-electron chi connectivity index (χ2n) is 7.03. The fourth-order valence-corrected chi connectivity index (χ4v) is 3.43. The lowest BCUT2D eigenvalue weighted by molar-refractivity contribution is 0.0925. The van der Waals surface area contributed by atoms with Gasteiger partial charge in [-0.1, -0.05) is 60.1 Å². The Morgan fingerprint density at radius 2 is 1.45 bits per heavy atom. The largest absolute Gasteiger partial charge is 0.350 e.